The average Bonchev–Trinajstić information content (AvgIpc) is 3.34. The molecule has 196 valence electrons. The first kappa shape index (κ1) is 27.1. The van der Waals surface area contributed by atoms with Crippen LogP contribution in [-0.4, -0.2) is 55.8 Å². The van der Waals surface area contributed by atoms with E-state index in [1.54, 1.807) is 47.9 Å². The van der Waals surface area contributed by atoms with Crippen molar-refractivity contribution >= 4 is 44.6 Å². The predicted octanol–water partition coefficient (Wildman–Crippen LogP) is 4.52. The maximum atomic E-state index is 13.8. The fourth-order valence-corrected chi connectivity index (χ4v) is 8.25. The number of rotatable bonds is 7. The van der Waals surface area contributed by atoms with Crippen LogP contribution >= 0.6 is 22.9 Å². The van der Waals surface area contributed by atoms with Crippen molar-refractivity contribution in [3.05, 3.63) is 76.1 Å². The van der Waals surface area contributed by atoms with E-state index in [0.717, 1.165) is 10.4 Å². The van der Waals surface area contributed by atoms with Gasteiger partial charge in [-0.25, -0.2) is 13.9 Å². The van der Waals surface area contributed by atoms with Gasteiger partial charge < -0.3 is 9.64 Å². The lowest BCUT2D eigenvalue weighted by molar-refractivity contribution is -0.129. The highest BCUT2D eigenvalue weighted by atomic mass is 35.5. The van der Waals surface area contributed by atoms with Gasteiger partial charge in [0.25, 0.3) is 5.91 Å². The van der Waals surface area contributed by atoms with Crippen LogP contribution < -0.4 is 10.2 Å². The molecule has 0 saturated carbocycles. The highest BCUT2D eigenvalue weighted by molar-refractivity contribution is 7.92. The summed E-state index contributed by atoms with van der Waals surface area (Å²) in [7, 11) is -3.93. The molecule has 2 aromatic carbocycles. The first-order chi connectivity index (χ1) is 17.7. The molecule has 3 aromatic rings. The van der Waals surface area contributed by atoms with E-state index in [0.29, 0.717) is 27.8 Å². The fourth-order valence-electron chi connectivity index (χ4n) is 4.52. The third-order valence-electron chi connectivity index (χ3n) is 6.47. The minimum atomic E-state index is -3.93. The van der Waals surface area contributed by atoms with E-state index in [2.05, 4.69) is 0 Å². The zero-order valence-corrected chi connectivity index (χ0v) is 22.5. The zero-order chi connectivity index (χ0) is 26.6. The Morgan fingerprint density at radius 3 is 2.54 bits per heavy atom. The molecule has 11 heteroatoms. The van der Waals surface area contributed by atoms with Gasteiger partial charge in [-0.2, -0.15) is 0 Å². The molecule has 2 amide bonds. The number of benzene rings is 2. The summed E-state index contributed by atoms with van der Waals surface area (Å²) in [6.45, 7) is 2.27. The Balaban J connectivity index is 1.71. The molecule has 1 saturated heterocycles. The number of thiophene rings is 1. The number of nitrogens with one attached hydrogen (secondary N) is 1. The smallest absolute Gasteiger partial charge is 0.257 e. The topological polar surface area (TPSA) is 113 Å². The Hall–Kier alpha value is -2.92. The molecule has 0 radical (unpaired) electrons. The van der Waals surface area contributed by atoms with E-state index in [-0.39, 0.29) is 31.2 Å². The van der Waals surface area contributed by atoms with Crippen LogP contribution in [0.1, 0.15) is 35.0 Å². The van der Waals surface area contributed by atoms with Crippen molar-refractivity contribution in [2.45, 2.75) is 24.5 Å². The molecule has 2 N–H and O–H groups in total. The van der Waals surface area contributed by atoms with E-state index in [1.165, 1.54) is 16.2 Å². The van der Waals surface area contributed by atoms with E-state index in [1.807, 2.05) is 25.1 Å². The van der Waals surface area contributed by atoms with Crippen molar-refractivity contribution in [3.8, 4) is 16.2 Å². The van der Waals surface area contributed by atoms with Crippen molar-refractivity contribution in [1.82, 2.24) is 10.4 Å². The number of ether oxygens (including phenoxy) is 1. The number of para-hydroxylation sites is 1. The van der Waals surface area contributed by atoms with Crippen LogP contribution in [-0.2, 0) is 19.4 Å². The Morgan fingerprint density at radius 2 is 1.84 bits per heavy atom. The van der Waals surface area contributed by atoms with Crippen LogP contribution in [0.2, 0.25) is 5.02 Å². The number of hydroxylamine groups is 1. The normalized spacial score (nSPS) is 19.2. The quantitative estimate of drug-likeness (QED) is 0.323. The van der Waals surface area contributed by atoms with Gasteiger partial charge in [-0.15, -0.1) is 11.3 Å². The predicted molar refractivity (Wildman–Crippen MR) is 143 cm³/mol. The van der Waals surface area contributed by atoms with Gasteiger partial charge in [0.05, 0.1) is 24.3 Å². The molecule has 1 aliphatic rings. The summed E-state index contributed by atoms with van der Waals surface area (Å²) in [6, 6.07) is 17.5. The number of hydrogen-bond donors (Lipinski definition) is 2. The second-order valence-corrected chi connectivity index (χ2v) is 12.6. The number of hydrogen-bond acceptors (Lipinski definition) is 7. The summed E-state index contributed by atoms with van der Waals surface area (Å²) >= 11 is 7.27. The minimum Gasteiger partial charge on any atom is -0.493 e. The monoisotopic (exact) mass is 562 g/mol. The van der Waals surface area contributed by atoms with Gasteiger partial charge in [0.1, 0.15) is 10.5 Å². The standard InChI is InChI=1S/C26H27ClN2O6S2/c1-2-35-21-6-4-3-5-20(21)25(31)29-14-13-26(17-24(30)28-32,37(33,34)16-15-29)23-12-11-22(36-23)18-7-9-19(27)10-8-18/h3-12,32H,2,13-17H2,1H3,(H,28,30). The van der Waals surface area contributed by atoms with Gasteiger partial charge in [-0.05, 0) is 55.3 Å². The molecule has 37 heavy (non-hydrogen) atoms. The van der Waals surface area contributed by atoms with Gasteiger partial charge in [0.2, 0.25) is 5.91 Å². The fraction of sp³-hybridized carbons (Fsp3) is 0.308. The number of amides is 2. The van der Waals surface area contributed by atoms with E-state index in [9.17, 15) is 23.2 Å². The number of sulfone groups is 1. The number of nitrogens with zero attached hydrogens (tertiary/aromatic N) is 1. The maximum absolute atomic E-state index is 13.8. The summed E-state index contributed by atoms with van der Waals surface area (Å²) in [5, 5.41) is 9.85. The van der Waals surface area contributed by atoms with Crippen molar-refractivity contribution in [1.29, 1.82) is 0 Å². The van der Waals surface area contributed by atoms with Crippen LogP contribution in [0.4, 0.5) is 0 Å². The number of carbonyl (C=O) groups is 2. The van der Waals surface area contributed by atoms with Gasteiger partial charge in [0.15, 0.2) is 9.84 Å². The molecule has 0 aliphatic carbocycles. The van der Waals surface area contributed by atoms with Crippen molar-refractivity contribution in [2.24, 2.45) is 0 Å². The SMILES string of the molecule is CCOc1ccccc1C(=O)N1CCC(CC(=O)NO)(c2ccc(-c3ccc(Cl)cc3)s2)S(=O)(=O)CC1. The molecular formula is C26H27ClN2O6S2. The van der Waals surface area contributed by atoms with Crippen LogP contribution in [0.3, 0.4) is 0 Å². The Morgan fingerprint density at radius 1 is 1.11 bits per heavy atom. The molecular weight excluding hydrogens is 536 g/mol. The summed E-state index contributed by atoms with van der Waals surface area (Å²) in [5.74, 6) is -1.05. The van der Waals surface area contributed by atoms with Gasteiger partial charge >= 0.3 is 0 Å². The third kappa shape index (κ3) is 5.52. The number of carbonyl (C=O) groups excluding carboxylic acids is 2. The largest absolute Gasteiger partial charge is 0.493 e. The third-order valence-corrected chi connectivity index (χ3v) is 10.7. The van der Waals surface area contributed by atoms with Crippen molar-refractivity contribution in [3.63, 3.8) is 0 Å². The molecule has 1 aliphatic heterocycles. The van der Waals surface area contributed by atoms with E-state index < -0.39 is 26.9 Å². The first-order valence-corrected chi connectivity index (χ1v) is 14.6. The molecule has 4 rings (SSSR count). The highest BCUT2D eigenvalue weighted by Gasteiger charge is 2.50. The second kappa shape index (κ2) is 11.2. The lowest BCUT2D eigenvalue weighted by Crippen LogP contribution is -2.41. The highest BCUT2D eigenvalue weighted by Crippen LogP contribution is 2.45. The van der Waals surface area contributed by atoms with Crippen LogP contribution in [0.25, 0.3) is 10.4 Å². The van der Waals surface area contributed by atoms with Gasteiger partial charge in [-0.3, -0.25) is 14.8 Å². The first-order valence-electron chi connectivity index (χ1n) is 11.7. The number of halogens is 1. The van der Waals surface area contributed by atoms with Gasteiger partial charge in [0, 0.05) is 27.9 Å². The lowest BCUT2D eigenvalue weighted by Gasteiger charge is -2.30. The van der Waals surface area contributed by atoms with Crippen LogP contribution in [0.15, 0.2) is 60.7 Å². The summed E-state index contributed by atoms with van der Waals surface area (Å²) in [5.41, 5.74) is 2.79. The van der Waals surface area contributed by atoms with Crippen molar-refractivity contribution < 1.29 is 28.0 Å². The van der Waals surface area contributed by atoms with Gasteiger partial charge in [-0.1, -0.05) is 35.9 Å². The summed E-state index contributed by atoms with van der Waals surface area (Å²) in [4.78, 5) is 28.6. The molecule has 1 atom stereocenters. The molecule has 1 unspecified atom stereocenters. The Labute approximate surface area is 224 Å². The summed E-state index contributed by atoms with van der Waals surface area (Å²) < 4.78 is 31.6. The van der Waals surface area contributed by atoms with Crippen molar-refractivity contribution in [2.75, 3.05) is 25.4 Å². The Kier molecular flexibility index (Phi) is 8.23. The van der Waals surface area contributed by atoms with E-state index >= 15 is 0 Å². The average molecular weight is 563 g/mol. The molecule has 1 fully saturated rings. The molecule has 0 bridgehead atoms. The molecule has 1 aromatic heterocycles. The molecule has 8 nitrogen and oxygen atoms in total. The molecule has 0 spiro atoms. The van der Waals surface area contributed by atoms with Crippen LogP contribution in [0, 0.1) is 0 Å². The lowest BCUT2D eigenvalue weighted by atomic mass is 9.97. The van der Waals surface area contributed by atoms with Crippen LogP contribution in [0.5, 0.6) is 5.75 Å². The molecule has 2 heterocycles. The minimum absolute atomic E-state index is 0.00807. The van der Waals surface area contributed by atoms with E-state index in [4.69, 9.17) is 16.3 Å². The second-order valence-electron chi connectivity index (χ2n) is 8.67. The summed E-state index contributed by atoms with van der Waals surface area (Å²) in [6.07, 6.45) is -0.476. The Bertz CT molecular complexity index is 1390. The zero-order valence-electron chi connectivity index (χ0n) is 20.1. The maximum Gasteiger partial charge on any atom is 0.257 e.